The molecule has 568 valence electrons. The number of benzene rings is 2. The van der Waals surface area contributed by atoms with E-state index in [0.717, 1.165) is 21.8 Å². The molecule has 5 heterocycles. The number of nitrogens with one attached hydrogen (secondary N) is 14. The van der Waals surface area contributed by atoms with Crippen molar-refractivity contribution >= 4 is 98.7 Å². The van der Waals surface area contributed by atoms with Gasteiger partial charge in [-0.15, -0.1) is 5.10 Å². The topological polar surface area (TPSA) is 491 Å². The number of aryl methyl sites for hydroxylation is 2. The van der Waals surface area contributed by atoms with Crippen molar-refractivity contribution in [2.75, 3.05) is 6.54 Å². The monoisotopic (exact) mass is 1460 g/mol. The molecule has 7 rings (SSSR count). The van der Waals surface area contributed by atoms with Crippen LogP contribution in [0.4, 0.5) is 0 Å². The van der Waals surface area contributed by atoms with Crippen molar-refractivity contribution in [2.45, 2.75) is 213 Å². The van der Waals surface area contributed by atoms with E-state index in [2.05, 4.69) is 88.7 Å². The van der Waals surface area contributed by atoms with E-state index in [-0.39, 0.29) is 56.8 Å². The predicted octanol–water partition coefficient (Wildman–Crippen LogP) is 0.937. The van der Waals surface area contributed by atoms with Gasteiger partial charge in [-0.1, -0.05) is 97.0 Å². The lowest BCUT2D eigenvalue weighted by atomic mass is 9.98. The van der Waals surface area contributed by atoms with Crippen LogP contribution in [0, 0.1) is 23.7 Å². The van der Waals surface area contributed by atoms with Crippen molar-refractivity contribution in [1.29, 1.82) is 0 Å². The van der Waals surface area contributed by atoms with Crippen LogP contribution >= 0.6 is 0 Å². The molecule has 105 heavy (non-hydrogen) atoms. The second-order valence-electron chi connectivity index (χ2n) is 28.3. The molecule has 0 saturated heterocycles. The largest absolute Gasteiger partial charge is 0.481 e. The van der Waals surface area contributed by atoms with Gasteiger partial charge in [0.15, 0.2) is 0 Å². The SMILES string of the molecule is CC(C)C[C@@H]1NC(=O)[C@H](Cc2c[nH]cn2)NC(=O)[C@H](Cc2c[nH]c3ccccc23)NC(=O)[C@H](C)NC(=O)CCCc2cn(nn2)CCCC[C@@H](C(=O)NC(C(N)=O)C(C)C)NC(=O)[C@H](Cc2c[nH]c3ccccc23)NC(=O)C(C(C)C)NC(=O)[C@H](CC(C)C)NC(=O)[C@H](CCC(=O)O)NC(=O)CNC1=O. The van der Waals surface area contributed by atoms with Crippen LogP contribution < -0.4 is 64.2 Å². The van der Waals surface area contributed by atoms with Crippen LogP contribution in [-0.4, -0.2) is 184 Å². The molecular weight excluding hydrogens is 1350 g/mol. The minimum absolute atomic E-state index is 0.0101. The highest BCUT2D eigenvalue weighted by molar-refractivity contribution is 6.00. The highest BCUT2D eigenvalue weighted by atomic mass is 16.4. The number of fused-ring (bicyclic) bond motifs is 4. The number of hydrogen-bond donors (Lipinski definition) is 16. The Labute approximate surface area is 607 Å². The third-order valence-corrected chi connectivity index (χ3v) is 17.9. The molecule has 2 unspecified atom stereocenters. The van der Waals surface area contributed by atoms with Gasteiger partial charge in [0, 0.05) is 85.2 Å². The number of carboxylic acid groups (broad SMARTS) is 1. The number of H-pyrrole nitrogens is 3. The Morgan fingerprint density at radius 1 is 0.590 bits per heavy atom. The van der Waals surface area contributed by atoms with Gasteiger partial charge in [0.25, 0.3) is 0 Å². The summed E-state index contributed by atoms with van der Waals surface area (Å²) >= 11 is 0. The molecule has 0 aliphatic carbocycles. The Balaban J connectivity index is 1.19. The molecule has 33 heteroatoms. The Morgan fingerprint density at radius 3 is 1.70 bits per heavy atom. The van der Waals surface area contributed by atoms with Crippen molar-refractivity contribution < 1.29 is 67.4 Å². The summed E-state index contributed by atoms with van der Waals surface area (Å²) in [6.07, 6.45) is 7.68. The van der Waals surface area contributed by atoms with Crippen LogP contribution in [0.15, 0.2) is 79.6 Å². The second kappa shape index (κ2) is 39.0. The van der Waals surface area contributed by atoms with Gasteiger partial charge in [-0.3, -0.25) is 67.0 Å². The molecule has 0 spiro atoms. The molecule has 0 fully saturated rings. The maximum absolute atomic E-state index is 14.9. The highest BCUT2D eigenvalue weighted by Gasteiger charge is 2.37. The van der Waals surface area contributed by atoms with Crippen LogP contribution in [0.2, 0.25) is 0 Å². The summed E-state index contributed by atoms with van der Waals surface area (Å²) in [7, 11) is 0. The van der Waals surface area contributed by atoms with Crippen molar-refractivity contribution in [2.24, 2.45) is 29.4 Å². The minimum Gasteiger partial charge on any atom is -0.481 e. The standard InChI is InChI=1S/C72H101N19O14/c1-38(2)27-53-65(98)77-35-59(93)80-52(24-25-60(94)95)66(99)84-54(28-39(3)4)71(104)88-62(41(7)8)72(105)86-56(30-44-33-76-50-21-13-11-19-48(44)50)68(101)81-51(67(100)87-61(40(5)6)63(73)96)22-14-15-26-91-36-45(89-90-91)17-16-23-58(92)79-42(9)64(97)82-55(29-43-32-75-49-20-12-10-18-47(43)49)69(102)85-57(70(103)83-53)31-46-34-74-37-78-46/h10-13,18-21,32-34,36-42,51-57,61-62,75-76H,14-17,22-31,35H2,1-9H3,(H2,73,96)(H,74,78)(H,77,98)(H,79,92)(H,80,93)(H,81,101)(H,82,97)(H,83,103)(H,84,99)(H,85,102)(H,86,105)(H,87,100)(H,88,104)(H,94,95)/t42-,51-,52-,53-,54-,55-,56-,57-,61?,62?/m0/s1. The van der Waals surface area contributed by atoms with Gasteiger partial charge in [-0.05, 0) is 105 Å². The van der Waals surface area contributed by atoms with E-state index in [1.54, 1.807) is 90.8 Å². The quantitative estimate of drug-likeness (QED) is 0.0569. The lowest BCUT2D eigenvalue weighted by Gasteiger charge is -2.29. The third-order valence-electron chi connectivity index (χ3n) is 17.9. The van der Waals surface area contributed by atoms with E-state index in [9.17, 15) is 67.4 Å². The third kappa shape index (κ3) is 24.9. The van der Waals surface area contributed by atoms with Crippen molar-refractivity contribution in [3.63, 3.8) is 0 Å². The number of aromatic nitrogens is 7. The average Bonchev–Trinajstić information content (AvgIpc) is 1.73. The first-order valence-corrected chi connectivity index (χ1v) is 35.7. The number of carbonyl (C=O) groups excluding carboxylic acids is 12. The number of rotatable bonds is 18. The number of amides is 12. The van der Waals surface area contributed by atoms with E-state index >= 15 is 0 Å². The number of aliphatic carboxylic acids is 1. The number of hydrogen-bond acceptors (Lipinski definition) is 16. The molecule has 0 saturated carbocycles. The summed E-state index contributed by atoms with van der Waals surface area (Å²) in [5.74, 6) is -12.7. The fourth-order valence-corrected chi connectivity index (χ4v) is 12.3. The number of primary amides is 1. The first-order valence-electron chi connectivity index (χ1n) is 35.7. The summed E-state index contributed by atoms with van der Waals surface area (Å²) in [5.41, 5.74) is 9.33. The molecule has 1 aliphatic rings. The molecule has 2 aromatic carbocycles. The molecule has 1 aliphatic heterocycles. The van der Waals surface area contributed by atoms with E-state index in [1.807, 2.05) is 36.4 Å². The minimum atomic E-state index is -1.61. The number of imidazole rings is 1. The second-order valence-corrected chi connectivity index (χ2v) is 28.3. The van der Waals surface area contributed by atoms with E-state index in [1.165, 1.54) is 19.4 Å². The smallest absolute Gasteiger partial charge is 0.303 e. The van der Waals surface area contributed by atoms with Gasteiger partial charge in [0.05, 0.1) is 24.3 Å². The number of aromatic amines is 3. The molecule has 33 nitrogen and oxygen atoms in total. The number of nitrogens with two attached hydrogens (primary N) is 1. The van der Waals surface area contributed by atoms with Gasteiger partial charge < -0.3 is 84.3 Å². The van der Waals surface area contributed by atoms with Gasteiger partial charge in [0.1, 0.15) is 60.4 Å². The zero-order chi connectivity index (χ0) is 76.6. The fourth-order valence-electron chi connectivity index (χ4n) is 12.3. The highest BCUT2D eigenvalue weighted by Crippen LogP contribution is 2.23. The van der Waals surface area contributed by atoms with Crippen molar-refractivity contribution in [1.82, 2.24) is 93.4 Å². The summed E-state index contributed by atoms with van der Waals surface area (Å²) in [6, 6.07) is 1.03. The first kappa shape index (κ1) is 81.3. The van der Waals surface area contributed by atoms with Crippen LogP contribution in [0.5, 0.6) is 0 Å². The van der Waals surface area contributed by atoms with Crippen LogP contribution in [0.1, 0.15) is 143 Å². The molecular formula is C72H101N19O14. The summed E-state index contributed by atoms with van der Waals surface area (Å²) in [4.78, 5) is 196. The van der Waals surface area contributed by atoms with E-state index in [0.29, 0.717) is 54.7 Å². The molecule has 2 bridgehead atoms. The van der Waals surface area contributed by atoms with Gasteiger partial charge in [0.2, 0.25) is 70.9 Å². The van der Waals surface area contributed by atoms with E-state index < -0.39 is 168 Å². The van der Waals surface area contributed by atoms with Crippen molar-refractivity contribution in [3.8, 4) is 0 Å². The van der Waals surface area contributed by atoms with E-state index in [4.69, 9.17) is 5.73 Å². The number of nitrogens with zero attached hydrogens (tertiary/aromatic N) is 4. The number of para-hydroxylation sites is 2. The molecule has 17 N–H and O–H groups in total. The van der Waals surface area contributed by atoms with Crippen LogP contribution in [-0.2, 0) is 94.6 Å². The van der Waals surface area contributed by atoms with Gasteiger partial charge >= 0.3 is 5.97 Å². The molecule has 6 aromatic rings. The Hall–Kier alpha value is -11.0. The predicted molar refractivity (Wildman–Crippen MR) is 386 cm³/mol. The number of carboxylic acids is 1. The van der Waals surface area contributed by atoms with Crippen molar-refractivity contribution in [3.05, 3.63) is 102 Å². The fraction of sp³-hybridized carbons (Fsp3) is 0.528. The van der Waals surface area contributed by atoms with Crippen LogP contribution in [0.25, 0.3) is 21.8 Å². The van der Waals surface area contributed by atoms with Gasteiger partial charge in [-0.25, -0.2) is 4.98 Å². The number of carbonyl (C=O) groups is 13. The maximum atomic E-state index is 14.9. The zero-order valence-corrected chi connectivity index (χ0v) is 60.8. The first-order chi connectivity index (χ1) is 49.9. The lowest BCUT2D eigenvalue weighted by Crippen LogP contribution is -2.61. The summed E-state index contributed by atoms with van der Waals surface area (Å²) in [6.45, 7) is 14.7. The Bertz CT molecular complexity index is 4010. The Kier molecular flexibility index (Phi) is 30.2. The summed E-state index contributed by atoms with van der Waals surface area (Å²) in [5, 5.41) is 49.4. The normalized spacial score (nSPS) is 22.5. The molecule has 4 aromatic heterocycles. The molecule has 0 radical (unpaired) electrons. The zero-order valence-electron chi connectivity index (χ0n) is 60.8. The molecule has 10 atom stereocenters. The lowest BCUT2D eigenvalue weighted by molar-refractivity contribution is -0.138. The average molecular weight is 1460 g/mol. The van der Waals surface area contributed by atoms with Gasteiger partial charge in [-0.2, -0.15) is 0 Å². The Morgan fingerprint density at radius 2 is 1.13 bits per heavy atom. The maximum Gasteiger partial charge on any atom is 0.303 e. The summed E-state index contributed by atoms with van der Waals surface area (Å²) < 4.78 is 1.59. The van der Waals surface area contributed by atoms with Crippen LogP contribution in [0.3, 0.4) is 0 Å². The molecule has 12 amide bonds.